The number of carbonyl (C=O) groups excluding carboxylic acids is 1. The van der Waals surface area contributed by atoms with E-state index in [2.05, 4.69) is 30.6 Å². The van der Waals surface area contributed by atoms with Gasteiger partial charge in [-0.25, -0.2) is 4.79 Å². The van der Waals surface area contributed by atoms with Gasteiger partial charge in [-0.05, 0) is 48.5 Å². The molecule has 3 rings (SSSR count). The van der Waals surface area contributed by atoms with Gasteiger partial charge in [-0.15, -0.1) is 0 Å². The van der Waals surface area contributed by atoms with Gasteiger partial charge < -0.3 is 19.9 Å². The van der Waals surface area contributed by atoms with E-state index < -0.39 is 5.97 Å². The second kappa shape index (κ2) is 7.83. The smallest absolute Gasteiger partial charge is 0.337 e. The van der Waals surface area contributed by atoms with E-state index in [0.29, 0.717) is 17.1 Å². The number of halogens is 1. The van der Waals surface area contributed by atoms with Gasteiger partial charge in [-0.3, -0.25) is 0 Å². The molecular weight excluding hydrogens is 402 g/mol. The number of ether oxygens (including phenoxy) is 3. The number of hydrogen-bond donors (Lipinski definition) is 1. The van der Waals surface area contributed by atoms with Crippen LogP contribution in [0.2, 0.25) is 0 Å². The third-order valence-corrected chi connectivity index (χ3v) is 3.86. The normalized spacial score (nSPS) is 10.2. The molecule has 0 aliphatic heterocycles. The number of benzene rings is 2. The molecule has 0 atom stereocenters. The zero-order valence-corrected chi connectivity index (χ0v) is 15.3. The van der Waals surface area contributed by atoms with Crippen molar-refractivity contribution < 1.29 is 19.0 Å². The van der Waals surface area contributed by atoms with E-state index in [1.165, 1.54) is 13.4 Å². The Balaban J connectivity index is 1.78. The molecule has 0 spiro atoms. The Labute approximate surface area is 157 Å². The van der Waals surface area contributed by atoms with Crippen LogP contribution < -0.4 is 15.2 Å². The minimum Gasteiger partial charge on any atom is -0.465 e. The van der Waals surface area contributed by atoms with Gasteiger partial charge in [-0.2, -0.15) is 9.97 Å². The first kappa shape index (κ1) is 17.7. The lowest BCUT2D eigenvalue weighted by Crippen LogP contribution is -2.02. The molecule has 0 aliphatic carbocycles. The van der Waals surface area contributed by atoms with Gasteiger partial charge in [0, 0.05) is 4.47 Å². The lowest BCUT2D eigenvalue weighted by atomic mass is 10.2. The number of esters is 1. The highest BCUT2D eigenvalue weighted by molar-refractivity contribution is 9.10. The van der Waals surface area contributed by atoms with Crippen molar-refractivity contribution >= 4 is 27.6 Å². The van der Waals surface area contributed by atoms with Gasteiger partial charge in [0.05, 0.1) is 12.7 Å². The van der Waals surface area contributed by atoms with Crippen LogP contribution in [0.15, 0.2) is 59.3 Å². The van der Waals surface area contributed by atoms with E-state index in [9.17, 15) is 4.79 Å². The Morgan fingerprint density at radius 1 is 0.923 bits per heavy atom. The molecule has 1 heterocycles. The molecular formula is C18H14BrN3O4. The quantitative estimate of drug-likeness (QED) is 0.623. The first-order chi connectivity index (χ1) is 12.6. The van der Waals surface area contributed by atoms with Crippen LogP contribution in [0, 0.1) is 0 Å². The van der Waals surface area contributed by atoms with Crippen LogP contribution >= 0.6 is 15.9 Å². The van der Waals surface area contributed by atoms with Crippen LogP contribution in [0.1, 0.15) is 10.4 Å². The molecule has 0 bridgehead atoms. The molecule has 2 aromatic carbocycles. The Hall–Kier alpha value is -3.13. The van der Waals surface area contributed by atoms with Crippen LogP contribution in [-0.4, -0.2) is 23.0 Å². The molecule has 0 aliphatic rings. The molecule has 3 aromatic rings. The number of hydrogen-bond acceptors (Lipinski definition) is 7. The lowest BCUT2D eigenvalue weighted by molar-refractivity contribution is 0.0600. The fraction of sp³-hybridized carbons (Fsp3) is 0.0556. The topological polar surface area (TPSA) is 96.6 Å². The summed E-state index contributed by atoms with van der Waals surface area (Å²) in [5.41, 5.74) is 6.62. The van der Waals surface area contributed by atoms with Gasteiger partial charge in [0.25, 0.3) is 0 Å². The summed E-state index contributed by atoms with van der Waals surface area (Å²) in [6, 6.07) is 13.6. The van der Waals surface area contributed by atoms with Gasteiger partial charge >= 0.3 is 5.97 Å². The highest BCUT2D eigenvalue weighted by Gasteiger charge is 2.13. The molecule has 0 fully saturated rings. The molecule has 7 nitrogen and oxygen atoms in total. The standard InChI is InChI=1S/C18H14BrN3O4/c1-24-18(23)11-2-6-13(7-3-11)25-16-15(20)17(22-10-21-16)26-14-8-4-12(19)5-9-14/h2-10H,20H2,1H3. The number of anilines is 1. The number of methoxy groups -OCH3 is 1. The average Bonchev–Trinajstić information content (AvgIpc) is 2.66. The number of nitrogens with two attached hydrogens (primary N) is 1. The third-order valence-electron chi connectivity index (χ3n) is 3.33. The molecule has 0 saturated carbocycles. The lowest BCUT2D eigenvalue weighted by Gasteiger charge is -2.11. The van der Waals surface area contributed by atoms with Crippen LogP contribution in [-0.2, 0) is 4.74 Å². The summed E-state index contributed by atoms with van der Waals surface area (Å²) >= 11 is 3.36. The van der Waals surface area contributed by atoms with Crippen molar-refractivity contribution in [2.24, 2.45) is 0 Å². The Kier molecular flexibility index (Phi) is 5.33. The van der Waals surface area contributed by atoms with Gasteiger partial charge in [0.1, 0.15) is 17.8 Å². The van der Waals surface area contributed by atoms with Crippen molar-refractivity contribution in [3.8, 4) is 23.3 Å². The van der Waals surface area contributed by atoms with Gasteiger partial charge in [0.2, 0.25) is 11.8 Å². The van der Waals surface area contributed by atoms with Crippen LogP contribution in [0.3, 0.4) is 0 Å². The molecule has 0 unspecified atom stereocenters. The molecule has 0 saturated heterocycles. The summed E-state index contributed by atoms with van der Waals surface area (Å²) in [5.74, 6) is 0.939. The predicted octanol–water partition coefficient (Wildman–Crippen LogP) is 4.19. The van der Waals surface area contributed by atoms with E-state index in [1.807, 2.05) is 12.1 Å². The van der Waals surface area contributed by atoms with E-state index in [4.69, 9.17) is 15.2 Å². The van der Waals surface area contributed by atoms with Crippen molar-refractivity contribution in [3.63, 3.8) is 0 Å². The summed E-state index contributed by atoms with van der Waals surface area (Å²) in [5, 5.41) is 0. The van der Waals surface area contributed by atoms with E-state index in [-0.39, 0.29) is 17.4 Å². The van der Waals surface area contributed by atoms with Crippen LogP contribution in [0.5, 0.6) is 23.3 Å². The van der Waals surface area contributed by atoms with Crippen LogP contribution in [0.4, 0.5) is 5.69 Å². The zero-order chi connectivity index (χ0) is 18.5. The van der Waals surface area contributed by atoms with E-state index in [0.717, 1.165) is 4.47 Å². The van der Waals surface area contributed by atoms with E-state index >= 15 is 0 Å². The second-order valence-corrected chi connectivity index (χ2v) is 5.99. The second-order valence-electron chi connectivity index (χ2n) is 5.07. The summed E-state index contributed by atoms with van der Waals surface area (Å²) in [6.07, 6.45) is 1.29. The first-order valence-corrected chi connectivity index (χ1v) is 8.26. The van der Waals surface area contributed by atoms with Gasteiger partial charge in [-0.1, -0.05) is 15.9 Å². The molecule has 26 heavy (non-hydrogen) atoms. The minimum absolute atomic E-state index is 0.151. The molecule has 8 heteroatoms. The Morgan fingerprint density at radius 2 is 1.42 bits per heavy atom. The SMILES string of the molecule is COC(=O)c1ccc(Oc2ncnc(Oc3ccc(Br)cc3)c2N)cc1. The van der Waals surface area contributed by atoms with Crippen molar-refractivity contribution in [2.75, 3.05) is 12.8 Å². The summed E-state index contributed by atoms with van der Waals surface area (Å²) in [4.78, 5) is 19.5. The van der Waals surface area contributed by atoms with Crippen LogP contribution in [0.25, 0.3) is 0 Å². The number of nitrogen functional groups attached to an aromatic ring is 1. The number of nitrogens with zero attached hydrogens (tertiary/aromatic N) is 2. The summed E-state index contributed by atoms with van der Waals surface area (Å²) < 4.78 is 16.9. The maximum absolute atomic E-state index is 11.5. The fourth-order valence-corrected chi connectivity index (χ4v) is 2.29. The monoisotopic (exact) mass is 415 g/mol. The van der Waals surface area contributed by atoms with Crippen molar-refractivity contribution in [1.82, 2.24) is 9.97 Å². The molecule has 1 aromatic heterocycles. The highest BCUT2D eigenvalue weighted by Crippen LogP contribution is 2.33. The maximum Gasteiger partial charge on any atom is 0.337 e. The fourth-order valence-electron chi connectivity index (χ4n) is 2.03. The first-order valence-electron chi connectivity index (χ1n) is 7.47. The number of aromatic nitrogens is 2. The maximum atomic E-state index is 11.5. The predicted molar refractivity (Wildman–Crippen MR) is 98.5 cm³/mol. The van der Waals surface area contributed by atoms with Gasteiger partial charge in [0.15, 0.2) is 5.69 Å². The Bertz CT molecular complexity index is 915. The third kappa shape index (κ3) is 4.09. The van der Waals surface area contributed by atoms with Crippen molar-refractivity contribution in [2.45, 2.75) is 0 Å². The molecule has 2 N–H and O–H groups in total. The molecule has 132 valence electrons. The zero-order valence-electron chi connectivity index (χ0n) is 13.7. The van der Waals surface area contributed by atoms with Crippen molar-refractivity contribution in [3.05, 3.63) is 64.9 Å². The summed E-state index contributed by atoms with van der Waals surface area (Å²) in [7, 11) is 1.32. The molecule has 0 radical (unpaired) electrons. The summed E-state index contributed by atoms with van der Waals surface area (Å²) in [6.45, 7) is 0. The average molecular weight is 416 g/mol. The number of carbonyl (C=O) groups is 1. The minimum atomic E-state index is -0.428. The largest absolute Gasteiger partial charge is 0.465 e. The highest BCUT2D eigenvalue weighted by atomic mass is 79.9. The Morgan fingerprint density at radius 3 is 1.92 bits per heavy atom. The molecule has 0 amide bonds. The number of rotatable bonds is 5. The van der Waals surface area contributed by atoms with E-state index in [1.54, 1.807) is 36.4 Å². The van der Waals surface area contributed by atoms with Crippen molar-refractivity contribution in [1.29, 1.82) is 0 Å².